The molecule has 59 heavy (non-hydrogen) atoms. The van der Waals surface area contributed by atoms with Crippen LogP contribution in [0.1, 0.15) is 124 Å². The maximum Gasteiger partial charge on any atom is 0.305 e. The van der Waals surface area contributed by atoms with E-state index in [9.17, 15) is 19.2 Å². The van der Waals surface area contributed by atoms with Gasteiger partial charge in [-0.05, 0) is 62.0 Å². The monoisotopic (exact) mass is 816 g/mol. The van der Waals surface area contributed by atoms with Crippen molar-refractivity contribution in [2.24, 2.45) is 16.7 Å². The van der Waals surface area contributed by atoms with Crippen LogP contribution in [0.15, 0.2) is 48.5 Å². The van der Waals surface area contributed by atoms with E-state index in [1.807, 2.05) is 74.2 Å². The van der Waals surface area contributed by atoms with Crippen molar-refractivity contribution < 1.29 is 33.4 Å². The molecule has 3 aromatic rings. The molecular formula is C47H69N5O7. The predicted octanol–water partition coefficient (Wildman–Crippen LogP) is 8.74. The summed E-state index contributed by atoms with van der Waals surface area (Å²) in [6.45, 7) is 15.8. The van der Waals surface area contributed by atoms with E-state index in [4.69, 9.17) is 14.2 Å². The number of unbranched alkanes of at least 4 members (excludes halogenated alkanes) is 3. The third-order valence-electron chi connectivity index (χ3n) is 10.5. The van der Waals surface area contributed by atoms with Gasteiger partial charge in [0.1, 0.15) is 18.1 Å². The van der Waals surface area contributed by atoms with E-state index >= 15 is 0 Å². The molecule has 0 saturated carbocycles. The van der Waals surface area contributed by atoms with Crippen molar-refractivity contribution in [3.05, 3.63) is 54.1 Å². The van der Waals surface area contributed by atoms with Crippen LogP contribution in [-0.2, 0) is 46.5 Å². The first kappa shape index (κ1) is 47.3. The summed E-state index contributed by atoms with van der Waals surface area (Å²) in [7, 11) is 1.67. The van der Waals surface area contributed by atoms with Gasteiger partial charge in [-0.1, -0.05) is 102 Å². The lowest BCUT2D eigenvalue weighted by Gasteiger charge is -2.30. The number of carbonyl (C=O) groups is 4. The number of anilines is 1. The lowest BCUT2D eigenvalue weighted by Crippen LogP contribution is -2.32. The van der Waals surface area contributed by atoms with Gasteiger partial charge in [0.25, 0.3) is 0 Å². The van der Waals surface area contributed by atoms with Crippen molar-refractivity contribution in [2.45, 2.75) is 132 Å². The molecule has 0 spiro atoms. The highest BCUT2D eigenvalue weighted by molar-refractivity contribution is 6.00. The lowest BCUT2D eigenvalue weighted by atomic mass is 9.74. The summed E-state index contributed by atoms with van der Waals surface area (Å²) in [4.78, 5) is 54.2. The number of hydrogen-bond donors (Lipinski definition) is 1. The molecule has 1 aliphatic rings. The van der Waals surface area contributed by atoms with Gasteiger partial charge in [-0.2, -0.15) is 0 Å². The van der Waals surface area contributed by atoms with Gasteiger partial charge in [0, 0.05) is 75.2 Å². The molecule has 0 saturated heterocycles. The highest BCUT2D eigenvalue weighted by Gasteiger charge is 2.32. The summed E-state index contributed by atoms with van der Waals surface area (Å²) < 4.78 is 18.0. The Morgan fingerprint density at radius 1 is 0.780 bits per heavy atom. The molecule has 1 N–H and O–H groups in total. The zero-order valence-electron chi connectivity index (χ0n) is 36.8. The highest BCUT2D eigenvalue weighted by atomic mass is 16.5. The maximum atomic E-state index is 14.0. The Morgan fingerprint density at radius 2 is 1.47 bits per heavy atom. The van der Waals surface area contributed by atoms with Gasteiger partial charge >= 0.3 is 5.97 Å². The largest absolute Gasteiger partial charge is 0.464 e. The molecule has 1 aliphatic heterocycles. The number of carbonyl (C=O) groups excluding carboxylic acids is 4. The van der Waals surface area contributed by atoms with Crippen LogP contribution in [0.3, 0.4) is 0 Å². The van der Waals surface area contributed by atoms with Gasteiger partial charge in [-0.15, -0.1) is 5.10 Å². The van der Waals surface area contributed by atoms with Crippen molar-refractivity contribution in [3.63, 3.8) is 0 Å². The number of ether oxygens (including phenoxy) is 3. The molecule has 12 nitrogen and oxygen atoms in total. The molecule has 0 bridgehead atoms. The number of hydrogen-bond acceptors (Lipinski definition) is 9. The number of rotatable bonds is 24. The fourth-order valence-electron chi connectivity index (χ4n) is 7.62. The molecular weight excluding hydrogens is 747 g/mol. The smallest absolute Gasteiger partial charge is 0.305 e. The number of amides is 2. The average molecular weight is 816 g/mol. The number of nitrogens with zero attached hydrogens (tertiary/aromatic N) is 4. The molecule has 1 unspecified atom stereocenters. The second-order valence-electron chi connectivity index (χ2n) is 17.9. The first-order chi connectivity index (χ1) is 28.2. The van der Waals surface area contributed by atoms with Gasteiger partial charge in [-0.25, -0.2) is 4.68 Å². The Bertz CT molecular complexity index is 1810. The Kier molecular flexibility index (Phi) is 18.7. The molecule has 12 heteroatoms. The summed E-state index contributed by atoms with van der Waals surface area (Å²) in [5.74, 6) is 0.0288. The van der Waals surface area contributed by atoms with E-state index in [1.165, 1.54) is 0 Å². The number of aromatic nitrogens is 3. The van der Waals surface area contributed by atoms with E-state index in [0.717, 1.165) is 66.6 Å². The lowest BCUT2D eigenvalue weighted by molar-refractivity contribution is -0.144. The van der Waals surface area contributed by atoms with Crippen LogP contribution in [-0.4, -0.2) is 78.6 Å². The fourth-order valence-corrected chi connectivity index (χ4v) is 7.62. The third kappa shape index (κ3) is 15.3. The number of nitrogens with one attached hydrogen (secondary N) is 1. The van der Waals surface area contributed by atoms with Gasteiger partial charge in [0.15, 0.2) is 0 Å². The van der Waals surface area contributed by atoms with Gasteiger partial charge < -0.3 is 24.4 Å². The number of para-hydroxylation sites is 1. The topological polar surface area (TPSA) is 142 Å². The van der Waals surface area contributed by atoms with Crippen LogP contribution in [0, 0.1) is 16.7 Å². The second kappa shape index (κ2) is 23.4. The Labute approximate surface area is 352 Å². The predicted molar refractivity (Wildman–Crippen MR) is 232 cm³/mol. The Balaban J connectivity index is 1.32. The minimum Gasteiger partial charge on any atom is -0.464 e. The van der Waals surface area contributed by atoms with Crippen LogP contribution >= 0.6 is 0 Å². The number of esters is 1. The van der Waals surface area contributed by atoms with E-state index in [-0.39, 0.29) is 41.1 Å². The Hall–Kier alpha value is -4.42. The fraction of sp³-hybridized carbons (Fsp3) is 0.617. The summed E-state index contributed by atoms with van der Waals surface area (Å²) >= 11 is 0. The summed E-state index contributed by atoms with van der Waals surface area (Å²) in [5.41, 5.74) is 4.59. The highest BCUT2D eigenvalue weighted by Crippen LogP contribution is 2.41. The van der Waals surface area contributed by atoms with Crippen molar-refractivity contribution in [2.75, 3.05) is 45.0 Å². The van der Waals surface area contributed by atoms with E-state index < -0.39 is 0 Å². The number of fused-ring (bicyclic) bond motifs is 5. The molecule has 1 aromatic heterocycles. The summed E-state index contributed by atoms with van der Waals surface area (Å²) in [5, 5.41) is 12.1. The minimum atomic E-state index is -0.368. The Morgan fingerprint density at radius 3 is 2.22 bits per heavy atom. The molecule has 0 fully saturated rings. The zero-order chi connectivity index (χ0) is 42.8. The third-order valence-corrected chi connectivity index (χ3v) is 10.5. The van der Waals surface area contributed by atoms with Crippen LogP contribution < -0.4 is 10.2 Å². The quantitative estimate of drug-likeness (QED) is 0.0694. The van der Waals surface area contributed by atoms with Crippen LogP contribution in [0.4, 0.5) is 5.69 Å². The number of ketones is 1. The normalized spacial score (nSPS) is 13.1. The number of benzene rings is 2. The van der Waals surface area contributed by atoms with Crippen molar-refractivity contribution in [3.8, 4) is 22.5 Å². The zero-order valence-corrected chi connectivity index (χ0v) is 36.8. The van der Waals surface area contributed by atoms with E-state index in [0.29, 0.717) is 89.5 Å². The maximum absolute atomic E-state index is 14.0. The van der Waals surface area contributed by atoms with Gasteiger partial charge in [-0.3, -0.25) is 19.2 Å². The minimum absolute atomic E-state index is 0.0214. The first-order valence-electron chi connectivity index (χ1n) is 21.6. The molecule has 2 heterocycles. The van der Waals surface area contributed by atoms with Crippen LogP contribution in [0.2, 0.25) is 0 Å². The van der Waals surface area contributed by atoms with Crippen molar-refractivity contribution in [1.82, 2.24) is 20.3 Å². The van der Waals surface area contributed by atoms with Crippen LogP contribution in [0.25, 0.3) is 22.5 Å². The molecule has 324 valence electrons. The van der Waals surface area contributed by atoms with Crippen molar-refractivity contribution >= 4 is 29.3 Å². The first-order valence-corrected chi connectivity index (χ1v) is 21.6. The standard InChI is InChI=1S/C47H69N5O7/c1-46(2,3)33-35(45(56)47(4,5)6)19-9-8-10-26-42(55)59-32-28-52-44-38-22-13-14-23-39(38)51(34-36-20-11-12-21-37(36)43(44)49-50-52)41(54)25-16-15-24-40(53)48-27-17-30-58-31-18-29-57-7/h11-14,20-23,35H,8-10,15-19,24-34H2,1-7H3,(H,48,53). The van der Waals surface area contributed by atoms with Gasteiger partial charge in [0.2, 0.25) is 11.8 Å². The second-order valence-corrected chi connectivity index (χ2v) is 17.9. The van der Waals surface area contributed by atoms with E-state index in [2.05, 4.69) is 36.4 Å². The molecule has 0 radical (unpaired) electrons. The number of Topliss-reactive ketones (excluding diaryl/α,β-unsaturated/α-hetero) is 1. The molecule has 2 amide bonds. The molecule has 4 rings (SSSR count). The summed E-state index contributed by atoms with van der Waals surface area (Å²) in [6.07, 6.45) is 7.91. The summed E-state index contributed by atoms with van der Waals surface area (Å²) in [6, 6.07) is 15.7. The van der Waals surface area contributed by atoms with Crippen molar-refractivity contribution in [1.29, 1.82) is 0 Å². The molecule has 0 aliphatic carbocycles. The molecule has 2 aromatic carbocycles. The van der Waals surface area contributed by atoms with Gasteiger partial charge in [0.05, 0.1) is 24.5 Å². The number of methoxy groups -OCH3 is 1. The van der Waals surface area contributed by atoms with E-state index in [1.54, 1.807) is 11.8 Å². The SMILES string of the molecule is COCCCOCCCNC(=O)CCCCC(=O)N1Cc2ccccc2-c2nnn(CCOC(=O)CCCCCC(CC(C)(C)C)C(=O)C(C)(C)C)c2-c2ccccc21. The molecule has 1 atom stereocenters. The average Bonchev–Trinajstić information content (AvgIpc) is 3.60. The van der Waals surface area contributed by atoms with Crippen LogP contribution in [0.5, 0.6) is 0 Å².